The first-order chi connectivity index (χ1) is 14.1. The van der Waals surface area contributed by atoms with Gasteiger partial charge < -0.3 is 10.2 Å². The number of nitrogens with one attached hydrogen (secondary N) is 2. The summed E-state index contributed by atoms with van der Waals surface area (Å²) in [4.78, 5) is 15.1. The molecule has 7 heteroatoms. The van der Waals surface area contributed by atoms with E-state index in [1.165, 1.54) is 5.56 Å². The van der Waals surface area contributed by atoms with Crippen molar-refractivity contribution in [1.82, 2.24) is 9.62 Å². The van der Waals surface area contributed by atoms with Crippen LogP contribution in [0.2, 0.25) is 0 Å². The molecule has 6 nitrogen and oxygen atoms in total. The molecule has 0 radical (unpaired) electrons. The summed E-state index contributed by atoms with van der Waals surface area (Å²) in [7, 11) is 0.261. The van der Waals surface area contributed by atoms with E-state index in [4.69, 9.17) is 0 Å². The minimum absolute atomic E-state index is 0.148. The van der Waals surface area contributed by atoms with Gasteiger partial charge in [-0.3, -0.25) is 4.79 Å². The molecule has 0 bridgehead atoms. The summed E-state index contributed by atoms with van der Waals surface area (Å²) in [5.41, 5.74) is 2.80. The van der Waals surface area contributed by atoms with E-state index in [-0.39, 0.29) is 16.7 Å². The number of rotatable bonds is 10. The average Bonchev–Trinajstić information content (AvgIpc) is 2.66. The summed E-state index contributed by atoms with van der Waals surface area (Å²) < 4.78 is 28.1. The molecule has 2 rings (SSSR count). The van der Waals surface area contributed by atoms with Crippen LogP contribution in [-0.2, 0) is 21.2 Å². The summed E-state index contributed by atoms with van der Waals surface area (Å²) >= 11 is 0. The lowest BCUT2D eigenvalue weighted by atomic mass is 10.0. The number of carbonyl (C=O) groups is 1. The normalized spacial score (nSPS) is 12.9. The maximum atomic E-state index is 12.9. The highest BCUT2D eigenvalue weighted by molar-refractivity contribution is 7.89. The number of anilines is 1. The molecule has 0 aliphatic heterocycles. The van der Waals surface area contributed by atoms with Crippen LogP contribution in [0.15, 0.2) is 53.4 Å². The van der Waals surface area contributed by atoms with Crippen molar-refractivity contribution < 1.29 is 13.2 Å². The van der Waals surface area contributed by atoms with Crippen LogP contribution in [0, 0.1) is 12.8 Å². The molecular weight excluding hydrogens is 398 g/mol. The first kappa shape index (κ1) is 24.1. The Bertz CT molecular complexity index is 921. The van der Waals surface area contributed by atoms with Crippen molar-refractivity contribution in [3.8, 4) is 0 Å². The van der Waals surface area contributed by atoms with Gasteiger partial charge in [0.2, 0.25) is 15.9 Å². The SMILES string of the molecule is Cc1ccc(S(=O)(=O)NC(CC(C)C)C(=O)Nc2ccc(CCN(C)C)cc2)cc1. The third-order valence-electron chi connectivity index (χ3n) is 4.72. The molecule has 1 atom stereocenters. The zero-order chi connectivity index (χ0) is 22.3. The van der Waals surface area contributed by atoms with Crippen molar-refractivity contribution in [3.63, 3.8) is 0 Å². The van der Waals surface area contributed by atoms with Crippen molar-refractivity contribution in [1.29, 1.82) is 0 Å². The van der Waals surface area contributed by atoms with Crippen molar-refractivity contribution in [3.05, 3.63) is 59.7 Å². The number of sulfonamides is 1. The molecule has 1 amide bonds. The molecule has 0 fully saturated rings. The monoisotopic (exact) mass is 431 g/mol. The molecule has 1 unspecified atom stereocenters. The van der Waals surface area contributed by atoms with Gasteiger partial charge in [-0.05, 0) is 69.6 Å². The van der Waals surface area contributed by atoms with Crippen LogP contribution in [0.4, 0.5) is 5.69 Å². The number of amides is 1. The maximum absolute atomic E-state index is 12.9. The predicted molar refractivity (Wildman–Crippen MR) is 122 cm³/mol. The number of likely N-dealkylation sites (N-methyl/N-ethyl adjacent to an activating group) is 1. The quantitative estimate of drug-likeness (QED) is 0.604. The number of hydrogen-bond acceptors (Lipinski definition) is 4. The predicted octanol–water partition coefficient (Wildman–Crippen LogP) is 3.43. The van der Waals surface area contributed by atoms with E-state index >= 15 is 0 Å². The van der Waals surface area contributed by atoms with Gasteiger partial charge >= 0.3 is 0 Å². The molecule has 0 heterocycles. The summed E-state index contributed by atoms with van der Waals surface area (Å²) in [6.45, 7) is 6.76. The molecule has 164 valence electrons. The van der Waals surface area contributed by atoms with Crippen molar-refractivity contribution in [2.45, 2.75) is 44.6 Å². The summed E-state index contributed by atoms with van der Waals surface area (Å²) in [6, 6.07) is 13.4. The van der Waals surface area contributed by atoms with Gasteiger partial charge in [0.25, 0.3) is 0 Å². The van der Waals surface area contributed by atoms with E-state index in [1.54, 1.807) is 24.3 Å². The van der Waals surface area contributed by atoms with Gasteiger partial charge in [-0.25, -0.2) is 8.42 Å². The Morgan fingerprint density at radius 2 is 1.60 bits per heavy atom. The van der Waals surface area contributed by atoms with Crippen LogP contribution in [0.3, 0.4) is 0 Å². The highest BCUT2D eigenvalue weighted by Crippen LogP contribution is 2.16. The van der Waals surface area contributed by atoms with E-state index < -0.39 is 16.1 Å². The van der Waals surface area contributed by atoms with Crippen molar-refractivity contribution in [2.75, 3.05) is 26.0 Å². The standard InChI is InChI=1S/C23H33N3O3S/c1-17(2)16-22(25-30(28,29)21-12-6-18(3)7-13-21)23(27)24-20-10-8-19(9-11-20)14-15-26(4)5/h6-13,17,22,25H,14-16H2,1-5H3,(H,24,27). The Balaban J connectivity index is 2.10. The highest BCUT2D eigenvalue weighted by atomic mass is 32.2. The van der Waals surface area contributed by atoms with Gasteiger partial charge in [-0.1, -0.05) is 43.7 Å². The molecule has 0 aliphatic rings. The zero-order valence-corrected chi connectivity index (χ0v) is 19.3. The fraction of sp³-hybridized carbons (Fsp3) is 0.435. The smallest absolute Gasteiger partial charge is 0.242 e. The highest BCUT2D eigenvalue weighted by Gasteiger charge is 2.26. The van der Waals surface area contributed by atoms with Gasteiger partial charge in [0, 0.05) is 12.2 Å². The zero-order valence-electron chi connectivity index (χ0n) is 18.5. The molecule has 0 spiro atoms. The Kier molecular flexibility index (Phi) is 8.58. The maximum Gasteiger partial charge on any atom is 0.242 e. The van der Waals surface area contributed by atoms with Crippen LogP contribution < -0.4 is 10.0 Å². The van der Waals surface area contributed by atoms with E-state index in [1.807, 2.05) is 59.1 Å². The number of benzene rings is 2. The lowest BCUT2D eigenvalue weighted by Gasteiger charge is -2.20. The molecule has 0 aliphatic carbocycles. The van der Waals surface area contributed by atoms with Gasteiger partial charge in [0.15, 0.2) is 0 Å². The fourth-order valence-corrected chi connectivity index (χ4v) is 4.20. The summed E-state index contributed by atoms with van der Waals surface area (Å²) in [6.07, 6.45) is 1.32. The third-order valence-corrected chi connectivity index (χ3v) is 6.21. The minimum atomic E-state index is -3.80. The molecule has 0 saturated heterocycles. The van der Waals surface area contributed by atoms with E-state index in [9.17, 15) is 13.2 Å². The van der Waals surface area contributed by atoms with E-state index in [2.05, 4.69) is 14.9 Å². The molecule has 2 aromatic rings. The largest absolute Gasteiger partial charge is 0.325 e. The molecule has 0 aromatic heterocycles. The Hall–Kier alpha value is -2.22. The number of carbonyl (C=O) groups excluding carboxylic acids is 1. The minimum Gasteiger partial charge on any atom is -0.325 e. The Morgan fingerprint density at radius 3 is 2.13 bits per heavy atom. The first-order valence-electron chi connectivity index (χ1n) is 10.2. The first-order valence-corrected chi connectivity index (χ1v) is 11.7. The molecule has 0 saturated carbocycles. The van der Waals surface area contributed by atoms with Crippen LogP contribution in [0.5, 0.6) is 0 Å². The molecule has 2 aromatic carbocycles. The number of aryl methyl sites for hydroxylation is 1. The van der Waals surface area contributed by atoms with Crippen LogP contribution in [-0.4, -0.2) is 45.9 Å². The summed E-state index contributed by atoms with van der Waals surface area (Å²) in [5, 5.41) is 2.85. The van der Waals surface area contributed by atoms with E-state index in [0.717, 1.165) is 18.5 Å². The molecule has 2 N–H and O–H groups in total. The third kappa shape index (κ3) is 7.55. The van der Waals surface area contributed by atoms with Gasteiger partial charge in [0.1, 0.15) is 6.04 Å². The van der Waals surface area contributed by atoms with Crippen LogP contribution in [0.25, 0.3) is 0 Å². The van der Waals surface area contributed by atoms with Crippen LogP contribution in [0.1, 0.15) is 31.4 Å². The van der Waals surface area contributed by atoms with Crippen molar-refractivity contribution in [2.24, 2.45) is 5.92 Å². The Morgan fingerprint density at radius 1 is 1.00 bits per heavy atom. The fourth-order valence-electron chi connectivity index (χ4n) is 2.99. The topological polar surface area (TPSA) is 78.5 Å². The second-order valence-corrected chi connectivity index (χ2v) is 10.1. The van der Waals surface area contributed by atoms with Crippen molar-refractivity contribution >= 4 is 21.6 Å². The van der Waals surface area contributed by atoms with E-state index in [0.29, 0.717) is 12.1 Å². The Labute approximate surface area is 180 Å². The lowest BCUT2D eigenvalue weighted by molar-refractivity contribution is -0.118. The average molecular weight is 432 g/mol. The molecular formula is C23H33N3O3S. The number of hydrogen-bond donors (Lipinski definition) is 2. The van der Waals surface area contributed by atoms with Gasteiger partial charge in [-0.2, -0.15) is 4.72 Å². The second kappa shape index (κ2) is 10.7. The summed E-state index contributed by atoms with van der Waals surface area (Å²) in [5.74, 6) is -0.213. The number of nitrogens with zero attached hydrogens (tertiary/aromatic N) is 1. The molecule has 30 heavy (non-hydrogen) atoms. The van der Waals surface area contributed by atoms with Gasteiger partial charge in [-0.15, -0.1) is 0 Å². The van der Waals surface area contributed by atoms with Gasteiger partial charge in [0.05, 0.1) is 4.90 Å². The second-order valence-electron chi connectivity index (χ2n) is 8.36. The lowest BCUT2D eigenvalue weighted by Crippen LogP contribution is -2.44. The van der Waals surface area contributed by atoms with Crippen LogP contribution >= 0.6 is 0 Å².